The smallest absolute Gasteiger partial charge is 0.0678 e. The summed E-state index contributed by atoms with van der Waals surface area (Å²) in [5.74, 6) is 0. The summed E-state index contributed by atoms with van der Waals surface area (Å²) in [6.07, 6.45) is 1.06. The van der Waals surface area contributed by atoms with Crippen LogP contribution in [0.5, 0.6) is 0 Å². The third-order valence-electron chi connectivity index (χ3n) is 2.23. The van der Waals surface area contributed by atoms with Crippen LogP contribution in [-0.4, -0.2) is 0 Å². The van der Waals surface area contributed by atoms with Crippen LogP contribution in [0.1, 0.15) is 25.6 Å². The van der Waals surface area contributed by atoms with Crippen molar-refractivity contribution in [1.82, 2.24) is 0 Å². The molecular formula is C14H16Cl2S. The normalized spacial score (nSPS) is 9.71. The number of thiophene rings is 1. The lowest BCUT2D eigenvalue weighted by molar-refractivity contribution is 1.19. The van der Waals surface area contributed by atoms with Gasteiger partial charge in [-0.3, -0.25) is 0 Å². The average molecular weight is 287 g/mol. The van der Waals surface area contributed by atoms with E-state index in [2.05, 4.69) is 19.1 Å². The lowest BCUT2D eigenvalue weighted by Crippen LogP contribution is -1.75. The van der Waals surface area contributed by atoms with Crippen LogP contribution in [0.3, 0.4) is 0 Å². The number of hydrogen-bond donors (Lipinski definition) is 0. The molecule has 0 aliphatic carbocycles. The molecule has 0 nitrogen and oxygen atoms in total. The zero-order chi connectivity index (χ0) is 12.8. The highest BCUT2D eigenvalue weighted by atomic mass is 35.5. The second kappa shape index (κ2) is 7.05. The molecule has 0 aliphatic heterocycles. The fourth-order valence-electron chi connectivity index (χ4n) is 1.41. The van der Waals surface area contributed by atoms with Crippen molar-refractivity contribution in [2.24, 2.45) is 0 Å². The highest BCUT2D eigenvalue weighted by Crippen LogP contribution is 2.37. The third-order valence-corrected chi connectivity index (χ3v) is 4.31. The Morgan fingerprint density at radius 1 is 1.06 bits per heavy atom. The van der Waals surface area contributed by atoms with Crippen molar-refractivity contribution >= 4 is 34.5 Å². The topological polar surface area (TPSA) is 0 Å². The fourth-order valence-corrected chi connectivity index (χ4v) is 2.84. The summed E-state index contributed by atoms with van der Waals surface area (Å²) >= 11 is 13.9. The summed E-state index contributed by atoms with van der Waals surface area (Å²) in [5, 5.41) is 1.25. The molecule has 1 heterocycles. The second-order valence-electron chi connectivity index (χ2n) is 3.22. The molecule has 1 aromatic heterocycles. The Hall–Kier alpha value is -0.500. The van der Waals surface area contributed by atoms with Crippen LogP contribution < -0.4 is 0 Å². The zero-order valence-corrected chi connectivity index (χ0v) is 12.6. The Bertz CT molecular complexity index is 475. The zero-order valence-electron chi connectivity index (χ0n) is 10.3. The van der Waals surface area contributed by atoms with Gasteiger partial charge in [0, 0.05) is 15.3 Å². The fraction of sp³-hybridized carbons (Fsp3) is 0.286. The molecule has 0 N–H and O–H groups in total. The molecule has 0 radical (unpaired) electrons. The molecule has 3 heteroatoms. The van der Waals surface area contributed by atoms with Crippen molar-refractivity contribution in [3.8, 4) is 10.4 Å². The van der Waals surface area contributed by atoms with Gasteiger partial charge in [-0.25, -0.2) is 0 Å². The lowest BCUT2D eigenvalue weighted by atomic mass is 10.2. The summed E-state index contributed by atoms with van der Waals surface area (Å²) < 4.78 is 0. The van der Waals surface area contributed by atoms with Crippen molar-refractivity contribution in [1.29, 1.82) is 0 Å². The van der Waals surface area contributed by atoms with Crippen LogP contribution in [-0.2, 0) is 6.42 Å². The van der Waals surface area contributed by atoms with Crippen molar-refractivity contribution in [2.75, 3.05) is 0 Å². The average Bonchev–Trinajstić information content (AvgIpc) is 2.84. The molecule has 0 fully saturated rings. The maximum Gasteiger partial charge on any atom is 0.0678 e. The number of aryl methyl sites for hydroxylation is 1. The molecule has 92 valence electrons. The summed E-state index contributed by atoms with van der Waals surface area (Å²) in [6, 6.07) is 9.97. The van der Waals surface area contributed by atoms with Gasteiger partial charge >= 0.3 is 0 Å². The molecule has 0 spiro atoms. The molecule has 0 atom stereocenters. The number of halogens is 2. The van der Waals surface area contributed by atoms with Crippen molar-refractivity contribution < 1.29 is 0 Å². The Kier molecular flexibility index (Phi) is 6.04. The van der Waals surface area contributed by atoms with Crippen LogP contribution >= 0.6 is 34.5 Å². The van der Waals surface area contributed by atoms with Crippen molar-refractivity contribution in [3.63, 3.8) is 0 Å². The van der Waals surface area contributed by atoms with E-state index in [1.165, 1.54) is 9.75 Å². The largest absolute Gasteiger partial charge is 0.140 e. The van der Waals surface area contributed by atoms with Gasteiger partial charge in [0.1, 0.15) is 0 Å². The molecule has 0 amide bonds. The van der Waals surface area contributed by atoms with Crippen LogP contribution in [0, 0.1) is 0 Å². The molecule has 2 aromatic rings. The highest BCUT2D eigenvalue weighted by molar-refractivity contribution is 7.15. The summed E-state index contributed by atoms with van der Waals surface area (Å²) in [4.78, 5) is 2.54. The third kappa shape index (κ3) is 3.48. The van der Waals surface area contributed by atoms with Gasteiger partial charge in [-0.1, -0.05) is 56.1 Å². The van der Waals surface area contributed by atoms with E-state index < -0.39 is 0 Å². The lowest BCUT2D eigenvalue weighted by Gasteiger charge is -2.02. The minimum atomic E-state index is 0.612. The molecule has 0 aliphatic rings. The molecule has 0 saturated heterocycles. The van der Waals surface area contributed by atoms with Gasteiger partial charge < -0.3 is 0 Å². The molecule has 1 aromatic carbocycles. The molecule has 0 unspecified atom stereocenters. The van der Waals surface area contributed by atoms with E-state index in [1.54, 1.807) is 11.3 Å². The standard InChI is InChI=1S/C12H10Cl2S.C2H6/c1-2-8-6-7-11(15-8)9-4-3-5-10(13)12(9)14;1-2/h3-7H,2H2,1H3;1-2H3. The first-order valence-electron chi connectivity index (χ1n) is 5.75. The quantitative estimate of drug-likeness (QED) is 0.607. The first-order valence-corrected chi connectivity index (χ1v) is 7.32. The van der Waals surface area contributed by atoms with E-state index in [9.17, 15) is 0 Å². The van der Waals surface area contributed by atoms with Crippen molar-refractivity contribution in [2.45, 2.75) is 27.2 Å². The monoisotopic (exact) mass is 286 g/mol. The maximum absolute atomic E-state index is 6.15. The predicted molar refractivity (Wildman–Crippen MR) is 80.5 cm³/mol. The second-order valence-corrected chi connectivity index (χ2v) is 5.17. The summed E-state index contributed by atoms with van der Waals surface area (Å²) in [6.45, 7) is 6.15. The summed E-state index contributed by atoms with van der Waals surface area (Å²) in [7, 11) is 0. The van der Waals surface area contributed by atoms with Crippen LogP contribution in [0.2, 0.25) is 10.0 Å². The SMILES string of the molecule is CC.CCc1ccc(-c2cccc(Cl)c2Cl)s1. The van der Waals surface area contributed by atoms with Gasteiger partial charge in [-0.05, 0) is 24.6 Å². The number of hydrogen-bond acceptors (Lipinski definition) is 1. The highest BCUT2D eigenvalue weighted by Gasteiger charge is 2.08. The minimum Gasteiger partial charge on any atom is -0.140 e. The van der Waals surface area contributed by atoms with E-state index in [1.807, 2.05) is 32.0 Å². The molecular weight excluding hydrogens is 271 g/mol. The van der Waals surface area contributed by atoms with Gasteiger partial charge in [0.05, 0.1) is 10.0 Å². The maximum atomic E-state index is 6.15. The molecule has 17 heavy (non-hydrogen) atoms. The van der Waals surface area contributed by atoms with Gasteiger partial charge in [-0.2, -0.15) is 0 Å². The Morgan fingerprint density at radius 3 is 2.35 bits per heavy atom. The van der Waals surface area contributed by atoms with E-state index in [0.29, 0.717) is 10.0 Å². The Balaban J connectivity index is 0.000000686. The first-order chi connectivity index (χ1) is 8.22. The predicted octanol–water partition coefficient (Wildman–Crippen LogP) is 6.31. The number of benzene rings is 1. The first kappa shape index (κ1) is 14.6. The molecule has 0 saturated carbocycles. The van der Waals surface area contributed by atoms with Crippen LogP contribution in [0.4, 0.5) is 0 Å². The van der Waals surface area contributed by atoms with E-state index in [0.717, 1.165) is 12.0 Å². The molecule has 2 rings (SSSR count). The molecule has 0 bridgehead atoms. The van der Waals surface area contributed by atoms with Gasteiger partial charge in [-0.15, -0.1) is 11.3 Å². The van der Waals surface area contributed by atoms with Crippen LogP contribution in [0.25, 0.3) is 10.4 Å². The minimum absolute atomic E-state index is 0.612. The summed E-state index contributed by atoms with van der Waals surface area (Å²) in [5.41, 5.74) is 1.02. The van der Waals surface area contributed by atoms with Crippen LogP contribution in [0.15, 0.2) is 30.3 Å². The Morgan fingerprint density at radius 2 is 1.76 bits per heavy atom. The Labute approximate surface area is 117 Å². The van der Waals surface area contributed by atoms with E-state index in [4.69, 9.17) is 23.2 Å². The van der Waals surface area contributed by atoms with E-state index >= 15 is 0 Å². The van der Waals surface area contributed by atoms with Gasteiger partial charge in [0.15, 0.2) is 0 Å². The van der Waals surface area contributed by atoms with Gasteiger partial charge in [0.2, 0.25) is 0 Å². The van der Waals surface area contributed by atoms with E-state index in [-0.39, 0.29) is 0 Å². The van der Waals surface area contributed by atoms with Crippen molar-refractivity contribution in [3.05, 3.63) is 45.3 Å². The number of rotatable bonds is 2. The van der Waals surface area contributed by atoms with Gasteiger partial charge in [0.25, 0.3) is 0 Å².